The molecule has 0 saturated heterocycles. The van der Waals surface area contributed by atoms with Gasteiger partial charge in [0.1, 0.15) is 0 Å². The van der Waals surface area contributed by atoms with E-state index in [2.05, 4.69) is 10.3 Å². The minimum atomic E-state index is -1.24. The van der Waals surface area contributed by atoms with Crippen LogP contribution >= 0.6 is 0 Å². The minimum Gasteiger partial charge on any atom is -0.480 e. The van der Waals surface area contributed by atoms with Crippen molar-refractivity contribution in [3.05, 3.63) is 65.7 Å². The average molecular weight is 326 g/mol. The van der Waals surface area contributed by atoms with Gasteiger partial charge in [-0.2, -0.15) is 0 Å². The molecule has 2 rings (SSSR count). The first kappa shape index (κ1) is 17.0. The summed E-state index contributed by atoms with van der Waals surface area (Å²) in [5.74, 6) is -3.04. The van der Waals surface area contributed by atoms with E-state index in [9.17, 15) is 14.7 Å². The number of nitrogens with zero attached hydrogens (tertiary/aromatic N) is 1. The van der Waals surface area contributed by atoms with Gasteiger partial charge in [-0.1, -0.05) is 42.5 Å². The molecule has 6 N–H and O–H groups in total. The number of rotatable bonds is 6. The van der Waals surface area contributed by atoms with Crippen molar-refractivity contribution in [2.24, 2.45) is 16.5 Å². The number of carbonyl (C=O) groups excluding carboxylic acids is 1. The number of benzene rings is 2. The fourth-order valence-electron chi connectivity index (χ4n) is 2.18. The number of nitrogens with one attached hydrogen (secondary N) is 1. The average Bonchev–Trinajstić information content (AvgIpc) is 2.54. The number of carbonyl (C=O) groups is 2. The summed E-state index contributed by atoms with van der Waals surface area (Å²) in [5, 5.41) is 11.9. The highest BCUT2D eigenvalue weighted by atomic mass is 16.4. The molecule has 124 valence electrons. The summed E-state index contributed by atoms with van der Waals surface area (Å²) in [6.07, 6.45) is 0. The predicted molar refractivity (Wildman–Crippen MR) is 90.6 cm³/mol. The van der Waals surface area contributed by atoms with Gasteiger partial charge in [-0.25, -0.2) is 4.99 Å². The Bertz CT molecular complexity index is 738. The van der Waals surface area contributed by atoms with Gasteiger partial charge in [-0.3, -0.25) is 9.59 Å². The third-order valence-corrected chi connectivity index (χ3v) is 3.30. The molecule has 1 amide bonds. The highest BCUT2D eigenvalue weighted by Crippen LogP contribution is 2.17. The molecule has 7 heteroatoms. The van der Waals surface area contributed by atoms with Crippen LogP contribution in [0.3, 0.4) is 0 Å². The predicted octanol–water partition coefficient (Wildman–Crippen LogP) is 1.08. The fraction of sp³-hybridized carbons (Fsp3) is 0.118. The lowest BCUT2D eigenvalue weighted by Crippen LogP contribution is -2.33. The van der Waals surface area contributed by atoms with Gasteiger partial charge >= 0.3 is 5.97 Å². The van der Waals surface area contributed by atoms with E-state index in [-0.39, 0.29) is 12.5 Å². The van der Waals surface area contributed by atoms with Crippen LogP contribution in [0.1, 0.15) is 17.0 Å². The van der Waals surface area contributed by atoms with E-state index >= 15 is 0 Å². The molecule has 0 heterocycles. The number of hydrogen-bond donors (Lipinski definition) is 4. The third kappa shape index (κ3) is 4.57. The summed E-state index contributed by atoms with van der Waals surface area (Å²) in [6.45, 7) is 0.206. The third-order valence-electron chi connectivity index (χ3n) is 3.30. The first-order valence-electron chi connectivity index (χ1n) is 7.21. The standard InChI is InChI=1S/C17H18N4O3/c18-17(19)21-13-8-6-11(7-9-13)10-20-15(22)14(16(23)24)12-4-2-1-3-5-12/h1-9,14H,10H2,(H,20,22)(H,23,24)(H4,18,19,21). The number of carboxylic acids is 1. The summed E-state index contributed by atoms with van der Waals surface area (Å²) in [4.78, 5) is 27.5. The second-order valence-electron chi connectivity index (χ2n) is 5.10. The van der Waals surface area contributed by atoms with Crippen molar-refractivity contribution in [1.82, 2.24) is 5.32 Å². The van der Waals surface area contributed by atoms with E-state index in [4.69, 9.17) is 11.5 Å². The van der Waals surface area contributed by atoms with E-state index in [1.165, 1.54) is 0 Å². The van der Waals surface area contributed by atoms with Crippen molar-refractivity contribution in [2.75, 3.05) is 0 Å². The quantitative estimate of drug-likeness (QED) is 0.358. The SMILES string of the molecule is NC(N)=Nc1ccc(CNC(=O)C(C(=O)O)c2ccccc2)cc1. The highest BCUT2D eigenvalue weighted by Gasteiger charge is 2.27. The van der Waals surface area contributed by atoms with Gasteiger partial charge in [0.2, 0.25) is 5.91 Å². The van der Waals surface area contributed by atoms with Crippen LogP contribution in [0, 0.1) is 0 Å². The number of nitrogens with two attached hydrogens (primary N) is 2. The second kappa shape index (κ2) is 7.77. The Morgan fingerprint density at radius 3 is 2.21 bits per heavy atom. The number of aliphatic imine (C=N–C) groups is 1. The molecule has 0 radical (unpaired) electrons. The van der Waals surface area contributed by atoms with Crippen molar-refractivity contribution < 1.29 is 14.7 Å². The van der Waals surface area contributed by atoms with Crippen LogP contribution in [0.15, 0.2) is 59.6 Å². The number of aliphatic carboxylic acids is 1. The Balaban J connectivity index is 2.03. The molecule has 0 spiro atoms. The molecule has 0 bridgehead atoms. The molecule has 0 saturated carbocycles. The first-order valence-corrected chi connectivity index (χ1v) is 7.21. The molecule has 24 heavy (non-hydrogen) atoms. The van der Waals surface area contributed by atoms with Crippen molar-refractivity contribution >= 4 is 23.5 Å². The van der Waals surface area contributed by atoms with E-state index in [0.29, 0.717) is 11.3 Å². The molecule has 2 aromatic carbocycles. The number of carboxylic acid groups (broad SMARTS) is 1. The topological polar surface area (TPSA) is 131 Å². The van der Waals surface area contributed by atoms with Crippen LogP contribution < -0.4 is 16.8 Å². The van der Waals surface area contributed by atoms with Crippen LogP contribution in [0.5, 0.6) is 0 Å². The number of hydrogen-bond acceptors (Lipinski definition) is 3. The molecule has 2 aromatic rings. The Morgan fingerprint density at radius 1 is 1.04 bits per heavy atom. The van der Waals surface area contributed by atoms with Gasteiger partial charge < -0.3 is 21.9 Å². The lowest BCUT2D eigenvalue weighted by Gasteiger charge is -2.13. The van der Waals surface area contributed by atoms with Gasteiger partial charge in [-0.15, -0.1) is 0 Å². The number of guanidine groups is 1. The molecular formula is C17H18N4O3. The lowest BCUT2D eigenvalue weighted by molar-refractivity contribution is -0.143. The van der Waals surface area contributed by atoms with E-state index in [0.717, 1.165) is 5.56 Å². The van der Waals surface area contributed by atoms with E-state index in [1.807, 2.05) is 0 Å². The van der Waals surface area contributed by atoms with Gasteiger partial charge in [0, 0.05) is 6.54 Å². The Kier molecular flexibility index (Phi) is 5.51. The zero-order chi connectivity index (χ0) is 17.5. The maximum absolute atomic E-state index is 12.2. The van der Waals surface area contributed by atoms with Crippen molar-refractivity contribution in [3.8, 4) is 0 Å². The fourth-order valence-corrected chi connectivity index (χ4v) is 2.18. The maximum atomic E-state index is 12.2. The molecule has 0 fully saturated rings. The zero-order valence-electron chi connectivity index (χ0n) is 12.8. The molecule has 0 aliphatic heterocycles. The second-order valence-corrected chi connectivity index (χ2v) is 5.10. The van der Waals surface area contributed by atoms with Crippen molar-refractivity contribution in [2.45, 2.75) is 12.5 Å². The van der Waals surface area contributed by atoms with Crippen molar-refractivity contribution in [3.63, 3.8) is 0 Å². The highest BCUT2D eigenvalue weighted by molar-refractivity contribution is 6.02. The van der Waals surface area contributed by atoms with Crippen LogP contribution in [-0.2, 0) is 16.1 Å². The molecule has 0 aliphatic rings. The minimum absolute atomic E-state index is 0.0387. The van der Waals surface area contributed by atoms with E-state index in [1.54, 1.807) is 54.6 Å². The summed E-state index contributed by atoms with van der Waals surface area (Å²) in [6, 6.07) is 15.3. The monoisotopic (exact) mass is 326 g/mol. The maximum Gasteiger partial charge on any atom is 0.320 e. The Labute approximate surface area is 139 Å². The summed E-state index contributed by atoms with van der Waals surface area (Å²) in [7, 11) is 0. The molecule has 7 nitrogen and oxygen atoms in total. The first-order chi connectivity index (χ1) is 11.5. The Morgan fingerprint density at radius 2 is 1.67 bits per heavy atom. The summed E-state index contributed by atoms with van der Waals surface area (Å²) >= 11 is 0. The van der Waals surface area contributed by atoms with Gasteiger partial charge in [0.15, 0.2) is 11.9 Å². The van der Waals surface area contributed by atoms with Gasteiger partial charge in [0.25, 0.3) is 0 Å². The van der Waals surface area contributed by atoms with Crippen molar-refractivity contribution in [1.29, 1.82) is 0 Å². The van der Waals surface area contributed by atoms with Gasteiger partial charge in [-0.05, 0) is 23.3 Å². The normalized spacial score (nSPS) is 11.3. The summed E-state index contributed by atoms with van der Waals surface area (Å²) < 4.78 is 0. The smallest absolute Gasteiger partial charge is 0.320 e. The molecule has 1 atom stereocenters. The molecular weight excluding hydrogens is 308 g/mol. The van der Waals surface area contributed by atoms with E-state index < -0.39 is 17.8 Å². The molecule has 0 aromatic heterocycles. The lowest BCUT2D eigenvalue weighted by atomic mass is 9.98. The van der Waals surface area contributed by atoms with Crippen LogP contribution in [0.25, 0.3) is 0 Å². The number of amides is 1. The van der Waals surface area contributed by atoms with Crippen LogP contribution in [0.2, 0.25) is 0 Å². The molecule has 0 aliphatic carbocycles. The summed E-state index contributed by atoms with van der Waals surface area (Å²) in [5.41, 5.74) is 12.4. The largest absolute Gasteiger partial charge is 0.480 e. The molecule has 1 unspecified atom stereocenters. The Hall–Kier alpha value is -3.35. The van der Waals surface area contributed by atoms with Crippen LogP contribution in [0.4, 0.5) is 5.69 Å². The van der Waals surface area contributed by atoms with Crippen LogP contribution in [-0.4, -0.2) is 22.9 Å². The zero-order valence-corrected chi connectivity index (χ0v) is 12.8. The van der Waals surface area contributed by atoms with Gasteiger partial charge in [0.05, 0.1) is 5.69 Å².